The molecular weight excluding hydrogens is 352 g/mol. The Morgan fingerprint density at radius 2 is 1.86 bits per heavy atom. The monoisotopic (exact) mass is 380 g/mol. The molecule has 0 amide bonds. The molecule has 5 nitrogen and oxygen atoms in total. The van der Waals surface area contributed by atoms with Crippen molar-refractivity contribution in [1.82, 2.24) is 4.98 Å². The number of pyridine rings is 1. The summed E-state index contributed by atoms with van der Waals surface area (Å²) in [5.74, 6) is 1.98. The van der Waals surface area contributed by atoms with Gasteiger partial charge < -0.3 is 19.9 Å². The van der Waals surface area contributed by atoms with Crippen LogP contribution in [-0.2, 0) is 0 Å². The molecule has 1 aromatic heterocycles. The van der Waals surface area contributed by atoms with E-state index in [4.69, 9.17) is 19.9 Å². The summed E-state index contributed by atoms with van der Waals surface area (Å²) in [7, 11) is 1.61. The van der Waals surface area contributed by atoms with Crippen molar-refractivity contribution in [2.75, 3.05) is 12.8 Å². The van der Waals surface area contributed by atoms with Crippen LogP contribution in [0.3, 0.4) is 0 Å². The highest BCUT2D eigenvalue weighted by Gasteiger charge is 2.21. The first-order valence-corrected chi connectivity index (χ1v) is 9.74. The van der Waals surface area contributed by atoms with Crippen LogP contribution in [0.5, 0.6) is 17.2 Å². The van der Waals surface area contributed by atoms with Crippen LogP contribution in [0.25, 0.3) is 10.9 Å². The molecule has 2 N–H and O–H groups in total. The molecule has 3 aromatic rings. The van der Waals surface area contributed by atoms with Crippen LogP contribution in [-0.4, -0.2) is 18.4 Å². The molecule has 148 valence electrons. The number of methoxy groups -OCH3 is 1. The van der Waals surface area contributed by atoms with Gasteiger partial charge in [0, 0.05) is 18.7 Å². The van der Waals surface area contributed by atoms with Gasteiger partial charge in [-0.15, -0.1) is 0 Å². The average molecular weight is 380 g/mol. The second kappa shape index (κ2) is 9.31. The van der Waals surface area contributed by atoms with E-state index in [9.17, 15) is 0 Å². The van der Waals surface area contributed by atoms with E-state index in [1.54, 1.807) is 19.4 Å². The van der Waals surface area contributed by atoms with Crippen molar-refractivity contribution in [2.45, 2.75) is 45.8 Å². The number of nitrogens with two attached hydrogens (primary N) is 1. The van der Waals surface area contributed by atoms with E-state index in [1.165, 1.54) is 0 Å². The van der Waals surface area contributed by atoms with Crippen molar-refractivity contribution >= 4 is 16.6 Å². The quantitative estimate of drug-likeness (QED) is 0.302. The predicted octanol–water partition coefficient (Wildman–Crippen LogP) is 5.50. The fraction of sp³-hybridized carbons (Fsp3) is 0.348. The third-order valence-corrected chi connectivity index (χ3v) is 4.69. The number of para-hydroxylation sites is 1. The standard InChI is InChI=1S/C23H28N2O3/c1-4-5-7-12-20(27-17-10-8-6-9-11-17)28-23-19(26-3)15-18(24)22-21(23)16(2)13-14-25-22/h6,8-11,13-15,20H,4-5,7,12,24H2,1-3H3. The van der Waals surface area contributed by atoms with E-state index < -0.39 is 6.29 Å². The number of nitrogens with zero attached hydrogens (tertiary/aromatic N) is 1. The third kappa shape index (κ3) is 4.47. The molecule has 2 aromatic carbocycles. The first kappa shape index (κ1) is 19.8. The zero-order valence-electron chi connectivity index (χ0n) is 16.8. The predicted molar refractivity (Wildman–Crippen MR) is 113 cm³/mol. The van der Waals surface area contributed by atoms with Gasteiger partial charge in [0.05, 0.1) is 23.7 Å². The molecule has 1 atom stereocenters. The Morgan fingerprint density at radius 3 is 2.57 bits per heavy atom. The van der Waals surface area contributed by atoms with E-state index in [0.717, 1.165) is 42.4 Å². The molecular formula is C23H28N2O3. The molecule has 0 saturated heterocycles. The van der Waals surface area contributed by atoms with Crippen LogP contribution < -0.4 is 19.9 Å². The van der Waals surface area contributed by atoms with Gasteiger partial charge in [-0.2, -0.15) is 0 Å². The van der Waals surface area contributed by atoms with Gasteiger partial charge in [0.1, 0.15) is 5.75 Å². The minimum atomic E-state index is -0.436. The number of fused-ring (bicyclic) bond motifs is 1. The maximum Gasteiger partial charge on any atom is 0.241 e. The molecule has 0 spiro atoms. The molecule has 0 radical (unpaired) electrons. The van der Waals surface area contributed by atoms with E-state index in [1.807, 2.05) is 43.3 Å². The Morgan fingerprint density at radius 1 is 1.07 bits per heavy atom. The van der Waals surface area contributed by atoms with Gasteiger partial charge in [0.25, 0.3) is 0 Å². The van der Waals surface area contributed by atoms with E-state index >= 15 is 0 Å². The lowest BCUT2D eigenvalue weighted by Crippen LogP contribution is -2.24. The molecule has 1 heterocycles. The average Bonchev–Trinajstić information content (AvgIpc) is 2.71. The maximum atomic E-state index is 6.39. The van der Waals surface area contributed by atoms with Crippen LogP contribution in [0.2, 0.25) is 0 Å². The third-order valence-electron chi connectivity index (χ3n) is 4.69. The number of anilines is 1. The van der Waals surface area contributed by atoms with Crippen LogP contribution in [0.4, 0.5) is 5.69 Å². The Hall–Kier alpha value is -2.95. The van der Waals surface area contributed by atoms with E-state index in [0.29, 0.717) is 22.7 Å². The first-order valence-electron chi connectivity index (χ1n) is 9.74. The van der Waals surface area contributed by atoms with Gasteiger partial charge in [-0.25, -0.2) is 0 Å². The van der Waals surface area contributed by atoms with Crippen molar-refractivity contribution in [2.24, 2.45) is 0 Å². The molecule has 28 heavy (non-hydrogen) atoms. The normalized spacial score (nSPS) is 12.0. The smallest absolute Gasteiger partial charge is 0.241 e. The number of aromatic nitrogens is 1. The summed E-state index contributed by atoms with van der Waals surface area (Å²) < 4.78 is 18.1. The number of benzene rings is 2. The first-order chi connectivity index (χ1) is 13.6. The summed E-state index contributed by atoms with van der Waals surface area (Å²) >= 11 is 0. The lowest BCUT2D eigenvalue weighted by molar-refractivity contribution is -0.00289. The molecule has 0 aliphatic heterocycles. The number of aryl methyl sites for hydroxylation is 1. The van der Waals surface area contributed by atoms with Gasteiger partial charge in [-0.1, -0.05) is 38.0 Å². The van der Waals surface area contributed by atoms with Crippen molar-refractivity contribution < 1.29 is 14.2 Å². The Kier molecular flexibility index (Phi) is 6.58. The number of ether oxygens (including phenoxy) is 3. The molecule has 0 saturated carbocycles. The summed E-state index contributed by atoms with van der Waals surface area (Å²) in [6.45, 7) is 4.19. The zero-order chi connectivity index (χ0) is 19.9. The minimum absolute atomic E-state index is 0.436. The topological polar surface area (TPSA) is 66.6 Å². The summed E-state index contributed by atoms with van der Waals surface area (Å²) in [4.78, 5) is 4.44. The van der Waals surface area contributed by atoms with Crippen LogP contribution in [0.15, 0.2) is 48.7 Å². The van der Waals surface area contributed by atoms with Crippen LogP contribution in [0, 0.1) is 6.92 Å². The summed E-state index contributed by atoms with van der Waals surface area (Å²) in [5.41, 5.74) is 8.49. The molecule has 3 rings (SSSR count). The molecule has 0 fully saturated rings. The second-order valence-electron chi connectivity index (χ2n) is 6.82. The van der Waals surface area contributed by atoms with Gasteiger partial charge in [0.2, 0.25) is 6.29 Å². The maximum absolute atomic E-state index is 6.39. The van der Waals surface area contributed by atoms with Gasteiger partial charge >= 0.3 is 0 Å². The zero-order valence-corrected chi connectivity index (χ0v) is 16.8. The highest BCUT2D eigenvalue weighted by atomic mass is 16.7. The van der Waals surface area contributed by atoms with Gasteiger partial charge in [0.15, 0.2) is 11.5 Å². The molecule has 0 bridgehead atoms. The highest BCUT2D eigenvalue weighted by molar-refractivity contribution is 5.98. The number of nitrogen functional groups attached to an aromatic ring is 1. The largest absolute Gasteiger partial charge is 0.493 e. The lowest BCUT2D eigenvalue weighted by Gasteiger charge is -2.23. The van der Waals surface area contributed by atoms with Gasteiger partial charge in [-0.05, 0) is 37.1 Å². The lowest BCUT2D eigenvalue weighted by atomic mass is 10.1. The number of hydrogen-bond acceptors (Lipinski definition) is 5. The fourth-order valence-corrected chi connectivity index (χ4v) is 3.22. The van der Waals surface area contributed by atoms with Gasteiger partial charge in [-0.3, -0.25) is 4.98 Å². The molecule has 5 heteroatoms. The minimum Gasteiger partial charge on any atom is -0.493 e. The van der Waals surface area contributed by atoms with E-state index in [2.05, 4.69) is 11.9 Å². The second-order valence-corrected chi connectivity index (χ2v) is 6.82. The van der Waals surface area contributed by atoms with E-state index in [-0.39, 0.29) is 0 Å². The SMILES string of the molecule is CCCCCC(Oc1ccccc1)Oc1c(OC)cc(N)c2nccc(C)c12. The van der Waals surface area contributed by atoms with Crippen LogP contribution in [0.1, 0.15) is 38.2 Å². The number of hydrogen-bond donors (Lipinski definition) is 1. The van der Waals surface area contributed by atoms with Crippen molar-refractivity contribution in [3.8, 4) is 17.2 Å². The molecule has 0 aliphatic rings. The highest BCUT2D eigenvalue weighted by Crippen LogP contribution is 2.41. The molecule has 1 unspecified atom stereocenters. The van der Waals surface area contributed by atoms with Crippen molar-refractivity contribution in [3.05, 3.63) is 54.2 Å². The van der Waals surface area contributed by atoms with Crippen molar-refractivity contribution in [1.29, 1.82) is 0 Å². The Bertz CT molecular complexity index is 913. The number of rotatable bonds is 9. The molecule has 0 aliphatic carbocycles. The Labute approximate surface area is 166 Å². The summed E-state index contributed by atoms with van der Waals surface area (Å²) in [6.07, 6.45) is 5.36. The number of unbranched alkanes of at least 4 members (excludes halogenated alkanes) is 2. The Balaban J connectivity index is 1.99. The van der Waals surface area contributed by atoms with Crippen molar-refractivity contribution in [3.63, 3.8) is 0 Å². The summed E-state index contributed by atoms with van der Waals surface area (Å²) in [5, 5.41) is 0.858. The fourth-order valence-electron chi connectivity index (χ4n) is 3.22. The summed E-state index contributed by atoms with van der Waals surface area (Å²) in [6, 6.07) is 13.4. The van der Waals surface area contributed by atoms with Crippen LogP contribution >= 0.6 is 0 Å².